The van der Waals surface area contributed by atoms with Crippen LogP contribution in [-0.4, -0.2) is 49.8 Å². The number of likely N-dealkylation sites (N-methyl/N-ethyl adjacent to an activating group) is 1. The lowest BCUT2D eigenvalue weighted by molar-refractivity contribution is -0.0272. The molecule has 2 rings (SSSR count). The van der Waals surface area contributed by atoms with Gasteiger partial charge < -0.3 is 10.1 Å². The Balaban J connectivity index is 1.66. The van der Waals surface area contributed by atoms with Crippen molar-refractivity contribution >= 4 is 0 Å². The Bertz CT molecular complexity index is 245. The first kappa shape index (κ1) is 14.3. The molecule has 1 unspecified atom stereocenters. The molecule has 1 atom stereocenters. The highest BCUT2D eigenvalue weighted by Gasteiger charge is 2.27. The molecule has 0 aromatic heterocycles. The Kier molecular flexibility index (Phi) is 5.05. The predicted molar refractivity (Wildman–Crippen MR) is 75.9 cm³/mol. The van der Waals surface area contributed by atoms with Crippen LogP contribution in [0.25, 0.3) is 0 Å². The number of hydrogen-bond acceptors (Lipinski definition) is 3. The first-order chi connectivity index (χ1) is 8.59. The van der Waals surface area contributed by atoms with Crippen molar-refractivity contribution in [2.75, 3.05) is 32.8 Å². The molecule has 0 aromatic rings. The first-order valence-corrected chi connectivity index (χ1v) is 7.66. The molecule has 2 aliphatic rings. The van der Waals surface area contributed by atoms with Crippen LogP contribution in [0.1, 0.15) is 46.5 Å². The molecule has 3 nitrogen and oxygen atoms in total. The first-order valence-electron chi connectivity index (χ1n) is 7.66. The van der Waals surface area contributed by atoms with Crippen molar-refractivity contribution in [2.45, 2.75) is 58.6 Å². The van der Waals surface area contributed by atoms with Crippen LogP contribution >= 0.6 is 0 Å². The molecule has 2 fully saturated rings. The van der Waals surface area contributed by atoms with E-state index in [1.54, 1.807) is 0 Å². The Hall–Kier alpha value is -0.120. The van der Waals surface area contributed by atoms with Crippen LogP contribution in [0.5, 0.6) is 0 Å². The van der Waals surface area contributed by atoms with E-state index in [-0.39, 0.29) is 0 Å². The van der Waals surface area contributed by atoms with Gasteiger partial charge >= 0.3 is 0 Å². The molecule has 1 aliphatic heterocycles. The van der Waals surface area contributed by atoms with E-state index in [1.807, 2.05) is 0 Å². The third-order valence-electron chi connectivity index (χ3n) is 4.64. The lowest BCUT2D eigenvalue weighted by atomic mass is 9.75. The maximum Gasteiger partial charge on any atom is 0.0826 e. The highest BCUT2D eigenvalue weighted by molar-refractivity contribution is 4.83. The van der Waals surface area contributed by atoms with Gasteiger partial charge in [0.1, 0.15) is 0 Å². The van der Waals surface area contributed by atoms with Gasteiger partial charge in [-0.2, -0.15) is 0 Å². The number of morpholine rings is 1. The molecule has 1 N–H and O–H groups in total. The number of ether oxygens (including phenoxy) is 1. The quantitative estimate of drug-likeness (QED) is 0.833. The lowest BCUT2D eigenvalue weighted by Gasteiger charge is -2.37. The largest absolute Gasteiger partial charge is 0.374 e. The molecular weight excluding hydrogens is 224 g/mol. The monoisotopic (exact) mass is 254 g/mol. The van der Waals surface area contributed by atoms with Crippen LogP contribution in [0.3, 0.4) is 0 Å². The third-order valence-corrected chi connectivity index (χ3v) is 4.64. The van der Waals surface area contributed by atoms with Crippen molar-refractivity contribution in [2.24, 2.45) is 5.41 Å². The zero-order valence-corrected chi connectivity index (χ0v) is 12.4. The van der Waals surface area contributed by atoms with Crippen LogP contribution < -0.4 is 5.32 Å². The zero-order valence-electron chi connectivity index (χ0n) is 12.4. The summed E-state index contributed by atoms with van der Waals surface area (Å²) in [6, 6.07) is 0.721. The molecular formula is C15H30N2O. The molecule has 1 saturated heterocycles. The van der Waals surface area contributed by atoms with Crippen molar-refractivity contribution < 1.29 is 4.74 Å². The van der Waals surface area contributed by atoms with Gasteiger partial charge in [0.25, 0.3) is 0 Å². The standard InChI is InChI=1S/C15H30N2O/c1-4-17-9-10-18-14(12-17)11-16-13-5-7-15(2,3)8-6-13/h13-14,16H,4-12H2,1-3H3. The lowest BCUT2D eigenvalue weighted by Crippen LogP contribution is -2.48. The molecule has 1 saturated carbocycles. The van der Waals surface area contributed by atoms with E-state index in [9.17, 15) is 0 Å². The predicted octanol–water partition coefficient (Wildman–Crippen LogP) is 2.27. The fraction of sp³-hybridized carbons (Fsp3) is 1.00. The van der Waals surface area contributed by atoms with Gasteiger partial charge in [0.05, 0.1) is 12.7 Å². The summed E-state index contributed by atoms with van der Waals surface area (Å²) < 4.78 is 5.84. The van der Waals surface area contributed by atoms with E-state index in [1.165, 1.54) is 25.7 Å². The van der Waals surface area contributed by atoms with Crippen LogP contribution in [0, 0.1) is 5.41 Å². The van der Waals surface area contributed by atoms with Gasteiger partial charge in [0.2, 0.25) is 0 Å². The second-order valence-corrected chi connectivity index (χ2v) is 6.73. The maximum absolute atomic E-state index is 5.84. The van der Waals surface area contributed by atoms with Crippen molar-refractivity contribution in [3.8, 4) is 0 Å². The Morgan fingerprint density at radius 3 is 2.67 bits per heavy atom. The van der Waals surface area contributed by atoms with Gasteiger partial charge in [-0.25, -0.2) is 0 Å². The maximum atomic E-state index is 5.84. The van der Waals surface area contributed by atoms with Gasteiger partial charge in [-0.3, -0.25) is 4.90 Å². The van der Waals surface area contributed by atoms with E-state index in [0.717, 1.165) is 38.8 Å². The topological polar surface area (TPSA) is 24.5 Å². The van der Waals surface area contributed by atoms with Crippen LogP contribution in [0.4, 0.5) is 0 Å². The Morgan fingerprint density at radius 1 is 1.28 bits per heavy atom. The molecule has 3 heteroatoms. The van der Waals surface area contributed by atoms with E-state index < -0.39 is 0 Å². The van der Waals surface area contributed by atoms with Crippen LogP contribution in [-0.2, 0) is 4.74 Å². The minimum absolute atomic E-state index is 0.397. The Morgan fingerprint density at radius 2 is 2.00 bits per heavy atom. The van der Waals surface area contributed by atoms with Crippen LogP contribution in [0.2, 0.25) is 0 Å². The summed E-state index contributed by atoms with van der Waals surface area (Å²) in [7, 11) is 0. The third kappa shape index (κ3) is 4.22. The SMILES string of the molecule is CCN1CCOC(CNC2CCC(C)(C)CC2)C1. The number of hydrogen-bond donors (Lipinski definition) is 1. The summed E-state index contributed by atoms with van der Waals surface area (Å²) in [5.41, 5.74) is 0.568. The van der Waals surface area contributed by atoms with Crippen molar-refractivity contribution in [3.63, 3.8) is 0 Å². The minimum atomic E-state index is 0.397. The van der Waals surface area contributed by atoms with Gasteiger partial charge in [0.15, 0.2) is 0 Å². The summed E-state index contributed by atoms with van der Waals surface area (Å²) in [5, 5.41) is 3.72. The van der Waals surface area contributed by atoms with E-state index >= 15 is 0 Å². The molecule has 0 amide bonds. The molecule has 0 aromatic carbocycles. The van der Waals surface area contributed by atoms with E-state index in [4.69, 9.17) is 4.74 Å². The molecule has 0 spiro atoms. The number of nitrogens with zero attached hydrogens (tertiary/aromatic N) is 1. The summed E-state index contributed by atoms with van der Waals surface area (Å²) in [5.74, 6) is 0. The fourth-order valence-electron chi connectivity index (χ4n) is 3.09. The molecule has 1 aliphatic carbocycles. The van der Waals surface area contributed by atoms with Crippen molar-refractivity contribution in [3.05, 3.63) is 0 Å². The average molecular weight is 254 g/mol. The normalized spacial score (nSPS) is 30.5. The second kappa shape index (κ2) is 6.36. The summed E-state index contributed by atoms with van der Waals surface area (Å²) in [6.45, 7) is 12.3. The van der Waals surface area contributed by atoms with E-state index in [0.29, 0.717) is 11.5 Å². The van der Waals surface area contributed by atoms with Crippen molar-refractivity contribution in [1.82, 2.24) is 10.2 Å². The number of rotatable bonds is 4. The minimum Gasteiger partial charge on any atom is -0.374 e. The van der Waals surface area contributed by atoms with Crippen molar-refractivity contribution in [1.29, 1.82) is 0 Å². The average Bonchev–Trinajstić information content (AvgIpc) is 2.38. The smallest absolute Gasteiger partial charge is 0.0826 e. The number of nitrogens with one attached hydrogen (secondary N) is 1. The Labute approximate surface area is 112 Å². The highest BCUT2D eigenvalue weighted by Crippen LogP contribution is 2.34. The highest BCUT2D eigenvalue weighted by atomic mass is 16.5. The summed E-state index contributed by atoms with van der Waals surface area (Å²) >= 11 is 0. The molecule has 0 radical (unpaired) electrons. The second-order valence-electron chi connectivity index (χ2n) is 6.73. The molecule has 1 heterocycles. The van der Waals surface area contributed by atoms with Gasteiger partial charge in [-0.05, 0) is 37.6 Å². The summed E-state index contributed by atoms with van der Waals surface area (Å²) in [4.78, 5) is 2.49. The van der Waals surface area contributed by atoms with Gasteiger partial charge in [-0.1, -0.05) is 20.8 Å². The van der Waals surface area contributed by atoms with E-state index in [2.05, 4.69) is 31.0 Å². The molecule has 106 valence electrons. The molecule has 0 bridgehead atoms. The van der Waals surface area contributed by atoms with Gasteiger partial charge in [-0.15, -0.1) is 0 Å². The summed E-state index contributed by atoms with van der Waals surface area (Å²) in [6.07, 6.45) is 5.77. The van der Waals surface area contributed by atoms with Gasteiger partial charge in [0, 0.05) is 25.7 Å². The van der Waals surface area contributed by atoms with Crippen LogP contribution in [0.15, 0.2) is 0 Å². The zero-order chi connectivity index (χ0) is 13.0. The molecule has 18 heavy (non-hydrogen) atoms. The fourth-order valence-corrected chi connectivity index (χ4v) is 3.09.